The molecule has 0 aliphatic heterocycles. The number of rotatable bonds is 3. The van der Waals surface area contributed by atoms with E-state index in [0.29, 0.717) is 6.42 Å². The second-order valence-corrected chi connectivity index (χ2v) is 10.5. The lowest BCUT2D eigenvalue weighted by atomic mass is 9.61. The number of aromatic nitrogens is 6. The molecule has 0 unspecified atom stereocenters. The zero-order valence-corrected chi connectivity index (χ0v) is 20.1. The molecule has 6 rings (SSSR count). The SMILES string of the molecule is CCC(C)(C)C(C)(C)c1ccc(O)c2c1-c1c(ccc3[nH]nnc13)Cc1ccc3[nH]nnc3c1-2. The van der Waals surface area contributed by atoms with Crippen molar-refractivity contribution in [3.8, 4) is 28.0 Å². The van der Waals surface area contributed by atoms with Gasteiger partial charge in [-0.25, -0.2) is 0 Å². The molecule has 0 spiro atoms. The Kier molecular flexibility index (Phi) is 4.22. The summed E-state index contributed by atoms with van der Waals surface area (Å²) < 4.78 is 0. The van der Waals surface area contributed by atoms with Crippen LogP contribution in [0.4, 0.5) is 0 Å². The number of phenolic OH excluding ortho intramolecular Hbond substituents is 1. The van der Waals surface area contributed by atoms with E-state index >= 15 is 0 Å². The molecule has 1 aliphatic rings. The Balaban J connectivity index is 1.85. The van der Waals surface area contributed by atoms with Crippen LogP contribution in [0.15, 0.2) is 36.4 Å². The number of hydrogen-bond acceptors (Lipinski definition) is 5. The zero-order valence-electron chi connectivity index (χ0n) is 20.1. The van der Waals surface area contributed by atoms with E-state index < -0.39 is 0 Å². The molecule has 0 atom stereocenters. The van der Waals surface area contributed by atoms with Gasteiger partial charge in [0.2, 0.25) is 0 Å². The van der Waals surface area contributed by atoms with Gasteiger partial charge < -0.3 is 5.11 Å². The first-order valence-corrected chi connectivity index (χ1v) is 11.8. The predicted octanol–water partition coefficient (Wildman–Crippen LogP) is 5.89. The van der Waals surface area contributed by atoms with Gasteiger partial charge in [-0.2, -0.15) is 0 Å². The number of fused-ring (bicyclic) bond motifs is 9. The monoisotopic (exact) mass is 452 g/mol. The highest BCUT2D eigenvalue weighted by Crippen LogP contribution is 2.55. The van der Waals surface area contributed by atoms with Crippen LogP contribution < -0.4 is 0 Å². The van der Waals surface area contributed by atoms with Gasteiger partial charge in [-0.05, 0) is 57.7 Å². The summed E-state index contributed by atoms with van der Waals surface area (Å²) in [6.07, 6.45) is 1.71. The molecule has 7 heteroatoms. The maximum Gasteiger partial charge on any atom is 0.124 e. The number of aromatic amines is 2. The molecule has 0 radical (unpaired) electrons. The van der Waals surface area contributed by atoms with Crippen LogP contribution in [0.25, 0.3) is 44.3 Å². The minimum atomic E-state index is -0.203. The third-order valence-electron chi connectivity index (χ3n) is 8.48. The summed E-state index contributed by atoms with van der Waals surface area (Å²) in [4.78, 5) is 0. The molecule has 5 aromatic rings. The fourth-order valence-corrected chi connectivity index (χ4v) is 5.40. The number of hydrogen-bond donors (Lipinski definition) is 3. The fourth-order valence-electron chi connectivity index (χ4n) is 5.40. The van der Waals surface area contributed by atoms with Gasteiger partial charge in [0.25, 0.3) is 0 Å². The first kappa shape index (κ1) is 20.8. The van der Waals surface area contributed by atoms with Crippen molar-refractivity contribution in [2.45, 2.75) is 52.9 Å². The molecule has 0 bridgehead atoms. The van der Waals surface area contributed by atoms with Crippen LogP contribution in [-0.4, -0.2) is 35.9 Å². The second kappa shape index (κ2) is 6.88. The van der Waals surface area contributed by atoms with Crippen molar-refractivity contribution >= 4 is 22.1 Å². The third-order valence-corrected chi connectivity index (χ3v) is 8.48. The summed E-state index contributed by atoms with van der Waals surface area (Å²) >= 11 is 0. The van der Waals surface area contributed by atoms with Crippen molar-refractivity contribution in [1.82, 2.24) is 30.8 Å². The van der Waals surface area contributed by atoms with E-state index in [-0.39, 0.29) is 16.6 Å². The van der Waals surface area contributed by atoms with Gasteiger partial charge in [0, 0.05) is 16.7 Å². The van der Waals surface area contributed by atoms with Gasteiger partial charge in [-0.3, -0.25) is 10.2 Å². The van der Waals surface area contributed by atoms with Crippen LogP contribution in [-0.2, 0) is 11.8 Å². The van der Waals surface area contributed by atoms with E-state index in [9.17, 15) is 5.11 Å². The molecular weight excluding hydrogens is 424 g/mol. The van der Waals surface area contributed by atoms with Crippen LogP contribution in [0.3, 0.4) is 0 Å². The Bertz CT molecular complexity index is 1590. The molecule has 2 aromatic heterocycles. The van der Waals surface area contributed by atoms with E-state index in [2.05, 4.69) is 83.6 Å². The quantitative estimate of drug-likeness (QED) is 0.311. The summed E-state index contributed by atoms with van der Waals surface area (Å²) in [5, 5.41) is 34.6. The molecule has 3 aromatic carbocycles. The third kappa shape index (κ3) is 2.64. The Hall–Kier alpha value is -3.74. The van der Waals surface area contributed by atoms with Crippen molar-refractivity contribution in [2.75, 3.05) is 0 Å². The van der Waals surface area contributed by atoms with E-state index in [1.165, 1.54) is 5.56 Å². The Morgan fingerprint density at radius 3 is 1.88 bits per heavy atom. The number of nitrogens with zero attached hydrogens (tertiary/aromatic N) is 4. The lowest BCUT2D eigenvalue weighted by Gasteiger charge is -2.43. The lowest BCUT2D eigenvalue weighted by molar-refractivity contribution is 0.189. The van der Waals surface area contributed by atoms with Crippen molar-refractivity contribution in [3.05, 3.63) is 53.1 Å². The zero-order chi connectivity index (χ0) is 23.8. The van der Waals surface area contributed by atoms with Gasteiger partial charge >= 0.3 is 0 Å². The Labute approximate surface area is 197 Å². The number of nitrogens with one attached hydrogen (secondary N) is 2. The molecule has 1 aliphatic carbocycles. The molecular formula is C27H28N6O. The van der Waals surface area contributed by atoms with Crippen molar-refractivity contribution < 1.29 is 5.11 Å². The van der Waals surface area contributed by atoms with Crippen molar-refractivity contribution in [3.63, 3.8) is 0 Å². The number of phenols is 1. The number of benzene rings is 3. The smallest absolute Gasteiger partial charge is 0.124 e. The van der Waals surface area contributed by atoms with Gasteiger partial charge in [0.05, 0.1) is 11.0 Å². The van der Waals surface area contributed by atoms with E-state index in [4.69, 9.17) is 0 Å². The second-order valence-electron chi connectivity index (χ2n) is 10.5. The van der Waals surface area contributed by atoms with Crippen LogP contribution >= 0.6 is 0 Å². The molecule has 34 heavy (non-hydrogen) atoms. The molecule has 2 heterocycles. The van der Waals surface area contributed by atoms with E-state index in [0.717, 1.165) is 61.9 Å². The maximum absolute atomic E-state index is 11.4. The fraction of sp³-hybridized carbons (Fsp3) is 0.333. The normalized spacial score (nSPS) is 13.6. The van der Waals surface area contributed by atoms with E-state index in [1.807, 2.05) is 18.2 Å². The van der Waals surface area contributed by atoms with Gasteiger partial charge in [0.15, 0.2) is 0 Å². The molecule has 0 saturated heterocycles. The molecule has 172 valence electrons. The molecule has 3 N–H and O–H groups in total. The van der Waals surface area contributed by atoms with Crippen LogP contribution in [0.5, 0.6) is 5.75 Å². The topological polar surface area (TPSA) is 103 Å². The minimum absolute atomic E-state index is 0.00462. The average Bonchev–Trinajstić information content (AvgIpc) is 3.45. The molecule has 0 saturated carbocycles. The molecule has 0 fully saturated rings. The van der Waals surface area contributed by atoms with Crippen LogP contribution in [0, 0.1) is 5.41 Å². The van der Waals surface area contributed by atoms with Gasteiger partial charge in [0.1, 0.15) is 16.8 Å². The van der Waals surface area contributed by atoms with Crippen LogP contribution in [0.2, 0.25) is 0 Å². The minimum Gasteiger partial charge on any atom is -0.507 e. The standard InChI is InChI=1S/C27H28N6O/c1-6-26(2,3)27(4,5)16-9-12-19(34)23-21-15(8-11-18-25(21)31-33-29-18)13-14-7-10-17-24(30-32-28-17)20(14)22(16)23/h7-12,34H,6,13H2,1-5H3,(H,28,30,32)(H,29,31,33). The Morgan fingerprint density at radius 2 is 1.32 bits per heavy atom. The summed E-state index contributed by atoms with van der Waals surface area (Å²) in [7, 11) is 0. The summed E-state index contributed by atoms with van der Waals surface area (Å²) in [5.74, 6) is 0.231. The van der Waals surface area contributed by atoms with Crippen molar-refractivity contribution in [1.29, 1.82) is 0 Å². The Morgan fingerprint density at radius 1 is 0.765 bits per heavy atom. The summed E-state index contributed by atoms with van der Waals surface area (Å²) in [5.41, 5.74) is 10.3. The number of aromatic hydroxyl groups is 1. The molecule has 0 amide bonds. The molecule has 7 nitrogen and oxygen atoms in total. The van der Waals surface area contributed by atoms with Crippen LogP contribution in [0.1, 0.15) is 57.7 Å². The highest BCUT2D eigenvalue weighted by atomic mass is 16.3. The highest BCUT2D eigenvalue weighted by molar-refractivity contribution is 6.07. The summed E-state index contributed by atoms with van der Waals surface area (Å²) in [6, 6.07) is 12.2. The average molecular weight is 453 g/mol. The van der Waals surface area contributed by atoms with Gasteiger partial charge in [-0.1, -0.05) is 69.7 Å². The largest absolute Gasteiger partial charge is 0.507 e. The first-order valence-electron chi connectivity index (χ1n) is 11.8. The summed E-state index contributed by atoms with van der Waals surface area (Å²) in [6.45, 7) is 11.5. The maximum atomic E-state index is 11.4. The van der Waals surface area contributed by atoms with Crippen molar-refractivity contribution in [2.24, 2.45) is 5.41 Å². The van der Waals surface area contributed by atoms with Gasteiger partial charge in [-0.15, -0.1) is 10.2 Å². The highest BCUT2D eigenvalue weighted by Gasteiger charge is 2.41. The lowest BCUT2D eigenvalue weighted by Crippen LogP contribution is -2.36. The first-order chi connectivity index (χ1) is 16.2. The van der Waals surface area contributed by atoms with E-state index in [1.54, 1.807) is 0 Å². The predicted molar refractivity (Wildman–Crippen MR) is 134 cm³/mol. The number of H-pyrrole nitrogens is 2.